The molecule has 0 saturated heterocycles. The molecule has 3 heterocycles. The van der Waals surface area contributed by atoms with E-state index >= 15 is 0 Å². The average molecular weight is 448 g/mol. The van der Waals surface area contributed by atoms with Crippen LogP contribution in [0.1, 0.15) is 37.2 Å². The van der Waals surface area contributed by atoms with E-state index in [1.807, 2.05) is 36.7 Å². The summed E-state index contributed by atoms with van der Waals surface area (Å²) in [5, 5.41) is 24.8. The average Bonchev–Trinajstić information content (AvgIpc) is 3.33. The van der Waals surface area contributed by atoms with Gasteiger partial charge in [0.1, 0.15) is 10.8 Å². The highest BCUT2D eigenvalue weighted by atomic mass is 35.5. The van der Waals surface area contributed by atoms with Gasteiger partial charge < -0.3 is 9.84 Å². The molecule has 0 unspecified atom stereocenters. The van der Waals surface area contributed by atoms with Crippen LogP contribution in [0.2, 0.25) is 5.02 Å². The summed E-state index contributed by atoms with van der Waals surface area (Å²) in [6.07, 6.45) is 1.77. The smallest absolute Gasteiger partial charge is 0.233 e. The van der Waals surface area contributed by atoms with Crippen LogP contribution >= 0.6 is 22.9 Å². The lowest BCUT2D eigenvalue weighted by molar-refractivity contribution is 0.211. The molecule has 1 aromatic carbocycles. The second-order valence-electron chi connectivity index (χ2n) is 7.73. The molecule has 4 rings (SSSR count). The molecule has 7 nitrogen and oxygen atoms in total. The summed E-state index contributed by atoms with van der Waals surface area (Å²) < 4.78 is 7.61. The van der Waals surface area contributed by atoms with Gasteiger partial charge in [0.2, 0.25) is 5.13 Å². The minimum absolute atomic E-state index is 0.0647. The third kappa shape index (κ3) is 4.37. The fourth-order valence-electron chi connectivity index (χ4n) is 3.64. The summed E-state index contributed by atoms with van der Waals surface area (Å²) in [5.74, 6) is 0.668. The van der Waals surface area contributed by atoms with E-state index in [9.17, 15) is 0 Å². The van der Waals surface area contributed by atoms with Crippen LogP contribution < -0.4 is 4.74 Å². The predicted molar refractivity (Wildman–Crippen MR) is 119 cm³/mol. The first-order chi connectivity index (χ1) is 14.5. The van der Waals surface area contributed by atoms with E-state index in [1.165, 1.54) is 16.9 Å². The number of aliphatic hydroxyl groups is 1. The Morgan fingerprint density at radius 3 is 2.87 bits per heavy atom. The van der Waals surface area contributed by atoms with Crippen molar-refractivity contribution in [1.82, 2.24) is 24.9 Å². The van der Waals surface area contributed by atoms with Crippen molar-refractivity contribution in [1.29, 1.82) is 0 Å². The quantitative estimate of drug-likeness (QED) is 0.592. The van der Waals surface area contributed by atoms with Gasteiger partial charge in [-0.3, -0.25) is 4.90 Å². The van der Waals surface area contributed by atoms with Crippen LogP contribution in [0.4, 0.5) is 0 Å². The minimum Gasteiger partial charge on any atom is -0.489 e. The summed E-state index contributed by atoms with van der Waals surface area (Å²) in [7, 11) is 0. The minimum atomic E-state index is 0.0647. The van der Waals surface area contributed by atoms with Crippen molar-refractivity contribution >= 4 is 22.9 Å². The number of rotatable bonds is 7. The van der Waals surface area contributed by atoms with Gasteiger partial charge >= 0.3 is 0 Å². The van der Waals surface area contributed by atoms with E-state index in [2.05, 4.69) is 22.0 Å². The van der Waals surface area contributed by atoms with Crippen LogP contribution in [0.15, 0.2) is 18.2 Å². The summed E-state index contributed by atoms with van der Waals surface area (Å²) in [5.41, 5.74) is 4.39. The number of aromatic nitrogens is 4. The van der Waals surface area contributed by atoms with Gasteiger partial charge in [0.25, 0.3) is 0 Å². The molecule has 160 valence electrons. The first-order valence-electron chi connectivity index (χ1n) is 10.2. The lowest BCUT2D eigenvalue weighted by atomic mass is 10.1. The number of aliphatic hydroxyl groups excluding tert-OH is 1. The number of halogens is 1. The van der Waals surface area contributed by atoms with Crippen molar-refractivity contribution in [2.75, 3.05) is 19.7 Å². The third-order valence-corrected chi connectivity index (χ3v) is 6.38. The molecule has 1 aliphatic rings. The van der Waals surface area contributed by atoms with Crippen molar-refractivity contribution in [3.05, 3.63) is 40.2 Å². The standard InChI is InChI=1S/C21H26ClN5O2S/c1-13(2)29-19-6-5-15(11-17(19)22)20-23-24-21(30-20)27-14(3)16-12-26(8-4-10-28)9-7-18(16)25-27/h5-6,11,13,28H,4,7-10,12H2,1-3H3. The molecule has 0 aliphatic carbocycles. The number of nitrogens with zero attached hydrogens (tertiary/aromatic N) is 5. The maximum atomic E-state index is 9.09. The van der Waals surface area contributed by atoms with Crippen LogP contribution in [0.5, 0.6) is 5.75 Å². The van der Waals surface area contributed by atoms with Crippen LogP contribution in [-0.4, -0.2) is 55.8 Å². The number of ether oxygens (including phenoxy) is 1. The van der Waals surface area contributed by atoms with Gasteiger partial charge in [0.05, 0.1) is 16.8 Å². The molecule has 0 radical (unpaired) electrons. The summed E-state index contributed by atoms with van der Waals surface area (Å²) in [6, 6.07) is 5.69. The van der Waals surface area contributed by atoms with E-state index in [1.54, 1.807) is 0 Å². The maximum absolute atomic E-state index is 9.09. The third-order valence-electron chi connectivity index (χ3n) is 5.14. The fourth-order valence-corrected chi connectivity index (χ4v) is 4.71. The highest BCUT2D eigenvalue weighted by molar-refractivity contribution is 7.17. The highest BCUT2D eigenvalue weighted by Crippen LogP contribution is 2.34. The summed E-state index contributed by atoms with van der Waals surface area (Å²) in [4.78, 5) is 2.37. The van der Waals surface area contributed by atoms with Gasteiger partial charge in [-0.15, -0.1) is 10.2 Å². The van der Waals surface area contributed by atoms with Gasteiger partial charge in [-0.2, -0.15) is 5.10 Å². The molecule has 2 aromatic heterocycles. The van der Waals surface area contributed by atoms with Gasteiger partial charge in [0, 0.05) is 49.5 Å². The number of hydrogen-bond acceptors (Lipinski definition) is 7. The molecule has 30 heavy (non-hydrogen) atoms. The number of fused-ring (bicyclic) bond motifs is 1. The first-order valence-corrected chi connectivity index (χ1v) is 11.4. The van der Waals surface area contributed by atoms with Gasteiger partial charge in [-0.1, -0.05) is 22.9 Å². The Bertz CT molecular complexity index is 1030. The Hall–Kier alpha value is -2.00. The second kappa shape index (κ2) is 9.01. The molecule has 0 bridgehead atoms. The molecule has 0 saturated carbocycles. The molecule has 9 heteroatoms. The van der Waals surface area contributed by atoms with Crippen molar-refractivity contribution in [2.24, 2.45) is 0 Å². The Balaban J connectivity index is 1.57. The van der Waals surface area contributed by atoms with Crippen molar-refractivity contribution in [3.63, 3.8) is 0 Å². The molecular formula is C21H26ClN5O2S. The Morgan fingerprint density at radius 1 is 1.30 bits per heavy atom. The second-order valence-corrected chi connectivity index (χ2v) is 9.09. The molecule has 0 amide bonds. The highest BCUT2D eigenvalue weighted by Gasteiger charge is 2.24. The molecule has 1 aliphatic heterocycles. The maximum Gasteiger partial charge on any atom is 0.233 e. The monoisotopic (exact) mass is 447 g/mol. The van der Waals surface area contributed by atoms with E-state index < -0.39 is 0 Å². The Labute approximate surface area is 185 Å². The van der Waals surface area contributed by atoms with E-state index in [0.717, 1.165) is 59.6 Å². The van der Waals surface area contributed by atoms with Crippen LogP contribution in [-0.2, 0) is 13.0 Å². The normalized spacial score (nSPS) is 14.3. The zero-order valence-corrected chi connectivity index (χ0v) is 19.0. The van der Waals surface area contributed by atoms with Crippen molar-refractivity contribution < 1.29 is 9.84 Å². The molecule has 3 aromatic rings. The van der Waals surface area contributed by atoms with Crippen molar-refractivity contribution in [2.45, 2.75) is 46.3 Å². The zero-order valence-electron chi connectivity index (χ0n) is 17.4. The Kier molecular flexibility index (Phi) is 6.38. The van der Waals surface area contributed by atoms with Crippen LogP contribution in [0, 0.1) is 6.92 Å². The largest absolute Gasteiger partial charge is 0.489 e. The molecule has 0 atom stereocenters. The number of hydrogen-bond donors (Lipinski definition) is 1. The van der Waals surface area contributed by atoms with E-state index in [-0.39, 0.29) is 12.7 Å². The Morgan fingerprint density at radius 2 is 2.13 bits per heavy atom. The first kappa shape index (κ1) is 21.2. The molecule has 0 fully saturated rings. The number of benzene rings is 1. The SMILES string of the molecule is Cc1c2c(nn1-c1nnc(-c3ccc(OC(C)C)c(Cl)c3)s1)CCN(CCCO)C2. The van der Waals surface area contributed by atoms with Crippen molar-refractivity contribution in [3.8, 4) is 21.5 Å². The molecule has 1 N–H and O–H groups in total. The topological polar surface area (TPSA) is 76.3 Å². The van der Waals surface area contributed by atoms with Gasteiger partial charge in [-0.05, 0) is 45.4 Å². The van der Waals surface area contributed by atoms with Gasteiger partial charge in [0.15, 0.2) is 0 Å². The lowest BCUT2D eigenvalue weighted by Crippen LogP contribution is -2.31. The predicted octanol–water partition coefficient (Wildman–Crippen LogP) is 3.88. The molecular weight excluding hydrogens is 422 g/mol. The van der Waals surface area contributed by atoms with Crippen LogP contribution in [0.3, 0.4) is 0 Å². The molecule has 0 spiro atoms. The lowest BCUT2D eigenvalue weighted by Gasteiger charge is -2.26. The fraction of sp³-hybridized carbons (Fsp3) is 0.476. The van der Waals surface area contributed by atoms with E-state index in [4.69, 9.17) is 26.5 Å². The van der Waals surface area contributed by atoms with Crippen LogP contribution in [0.25, 0.3) is 15.7 Å². The van der Waals surface area contributed by atoms with Gasteiger partial charge in [-0.25, -0.2) is 4.68 Å². The zero-order chi connectivity index (χ0) is 21.3. The van der Waals surface area contributed by atoms with E-state index in [0.29, 0.717) is 10.8 Å². The summed E-state index contributed by atoms with van der Waals surface area (Å²) >= 11 is 7.88. The summed E-state index contributed by atoms with van der Waals surface area (Å²) in [6.45, 7) is 8.98.